The summed E-state index contributed by atoms with van der Waals surface area (Å²) < 4.78 is 103. The fourth-order valence-electron chi connectivity index (χ4n) is 1.92. The summed E-state index contributed by atoms with van der Waals surface area (Å²) in [6.07, 6.45) is 0. The van der Waals surface area contributed by atoms with Crippen molar-refractivity contribution in [1.82, 2.24) is 0 Å². The molecule has 0 bridgehead atoms. The van der Waals surface area contributed by atoms with Gasteiger partial charge in [-0.15, -0.1) is 0 Å². The van der Waals surface area contributed by atoms with Crippen molar-refractivity contribution in [3.05, 3.63) is 72.5 Å². The summed E-state index contributed by atoms with van der Waals surface area (Å²) in [7, 11) is 0. The molecule has 0 saturated carbocycles. The molecule has 1 aromatic heterocycles. The van der Waals surface area contributed by atoms with Gasteiger partial charge in [0.25, 0.3) is 0 Å². The molecule has 90 valence electrons. The highest BCUT2D eigenvalue weighted by atomic mass is 16.3. The average Bonchev–Trinajstić information content (AvgIpc) is 3.14. The Morgan fingerprint density at radius 1 is 0.684 bits per heavy atom. The van der Waals surface area contributed by atoms with Crippen LogP contribution in [0, 0.1) is 0 Å². The third-order valence-corrected chi connectivity index (χ3v) is 2.70. The third-order valence-electron chi connectivity index (χ3n) is 2.70. The van der Waals surface area contributed by atoms with E-state index in [4.69, 9.17) is 20.9 Å². The number of hydrogen-bond donors (Lipinski definition) is 0. The van der Waals surface area contributed by atoms with Gasteiger partial charge < -0.3 is 4.42 Å². The lowest BCUT2D eigenvalue weighted by atomic mass is 10.00. The minimum Gasteiger partial charge on any atom is -0.456 e. The molecule has 0 amide bonds. The van der Waals surface area contributed by atoms with Crippen LogP contribution in [0.2, 0.25) is 0 Å². The highest BCUT2D eigenvalue weighted by Crippen LogP contribution is 2.36. The molecule has 0 aliphatic heterocycles. The maximum absolute atomic E-state index is 8.40. The monoisotopic (exact) mass is 256 g/mol. The number of rotatable bonds is 1. The van der Waals surface area contributed by atoms with Crippen molar-refractivity contribution in [2.24, 2.45) is 0 Å². The molecule has 0 atom stereocenters. The van der Waals surface area contributed by atoms with Gasteiger partial charge in [0.15, 0.2) is 0 Å². The van der Waals surface area contributed by atoms with Crippen molar-refractivity contribution in [2.45, 2.75) is 0 Å². The van der Waals surface area contributed by atoms with Crippen molar-refractivity contribution in [3.63, 3.8) is 0 Å². The molecule has 3 aromatic carbocycles. The van der Waals surface area contributed by atoms with Crippen LogP contribution in [0.5, 0.6) is 0 Å². The van der Waals surface area contributed by atoms with Gasteiger partial charge in [-0.2, -0.15) is 0 Å². The predicted octanol–water partition coefficient (Wildman–Crippen LogP) is 5.25. The van der Waals surface area contributed by atoms with E-state index in [9.17, 15) is 0 Å². The lowest BCUT2D eigenvalue weighted by Gasteiger charge is -2.03. The molecule has 0 N–H and O–H groups in total. The van der Waals surface area contributed by atoms with Crippen molar-refractivity contribution in [3.8, 4) is 11.1 Å². The Hall–Kier alpha value is -2.54. The Kier molecular flexibility index (Phi) is 0.835. The van der Waals surface area contributed by atoms with Crippen LogP contribution < -0.4 is 0 Å². The second kappa shape index (κ2) is 3.99. The normalized spacial score (nSPS) is 20.0. The first-order chi connectivity index (χ1) is 14.4. The summed E-state index contributed by atoms with van der Waals surface area (Å²) in [6, 6.07) is -7.32. The van der Waals surface area contributed by atoms with Crippen molar-refractivity contribution in [1.29, 1.82) is 0 Å². The van der Waals surface area contributed by atoms with Gasteiger partial charge in [0, 0.05) is 10.8 Å². The summed E-state index contributed by atoms with van der Waals surface area (Å²) in [6.45, 7) is 0. The number of hydrogen-bond acceptors (Lipinski definition) is 1. The SMILES string of the molecule is [2H]c1c([2H])c([2H])c(-c2c([2H])c([2H])c([2H])c3oc4c([2H])c([2H])c([2H])c([2H])c4c23)c([2H])c1[2H]. The van der Waals surface area contributed by atoms with Crippen LogP contribution in [0.25, 0.3) is 33.1 Å². The van der Waals surface area contributed by atoms with Crippen molar-refractivity contribution < 1.29 is 20.9 Å². The summed E-state index contributed by atoms with van der Waals surface area (Å²) in [5.74, 6) is 0. The summed E-state index contributed by atoms with van der Waals surface area (Å²) in [5.41, 5.74) is -1.38. The lowest BCUT2D eigenvalue weighted by molar-refractivity contribution is 0.669. The van der Waals surface area contributed by atoms with E-state index in [1.165, 1.54) is 0 Å². The highest BCUT2D eigenvalue weighted by molar-refractivity contribution is 6.12. The van der Waals surface area contributed by atoms with Gasteiger partial charge in [0.2, 0.25) is 0 Å². The Labute approximate surface area is 128 Å². The van der Waals surface area contributed by atoms with E-state index in [-0.39, 0.29) is 27.5 Å². The molecule has 1 heteroatoms. The number of furan rings is 1. The first-order valence-corrected chi connectivity index (χ1v) is 5.41. The maximum Gasteiger partial charge on any atom is 0.136 e. The molecule has 0 spiro atoms. The van der Waals surface area contributed by atoms with E-state index in [2.05, 4.69) is 0 Å². The van der Waals surface area contributed by atoms with Gasteiger partial charge in [-0.3, -0.25) is 0 Å². The molecule has 4 rings (SSSR count). The van der Waals surface area contributed by atoms with Crippen LogP contribution in [-0.2, 0) is 0 Å². The Morgan fingerprint density at radius 2 is 1.42 bits per heavy atom. The van der Waals surface area contributed by atoms with E-state index >= 15 is 0 Å². The number of fused-ring (bicyclic) bond motifs is 3. The summed E-state index contributed by atoms with van der Waals surface area (Å²) in [5, 5.41) is -0.364. The topological polar surface area (TPSA) is 13.1 Å². The minimum absolute atomic E-state index is 0.175. The van der Waals surface area contributed by atoms with Gasteiger partial charge in [0.1, 0.15) is 11.2 Å². The van der Waals surface area contributed by atoms with Crippen LogP contribution in [0.1, 0.15) is 16.4 Å². The fourth-order valence-corrected chi connectivity index (χ4v) is 1.92. The van der Waals surface area contributed by atoms with E-state index in [0.29, 0.717) is 0 Å². The zero-order chi connectivity index (χ0) is 23.1. The standard InChI is InChI=1S/C18H12O/c1-2-7-13(8-3-1)14-10-6-12-17-18(14)15-9-4-5-11-16(15)19-17/h1-12H/i1D,2D,3D,4D,5D,6D,7D,8D,9D,10D,11D,12D. The van der Waals surface area contributed by atoms with E-state index < -0.39 is 78.1 Å². The van der Waals surface area contributed by atoms with Gasteiger partial charge in [-0.05, 0) is 23.2 Å². The molecule has 19 heavy (non-hydrogen) atoms. The summed E-state index contributed by atoms with van der Waals surface area (Å²) in [4.78, 5) is 0. The Morgan fingerprint density at radius 3 is 2.32 bits per heavy atom. The van der Waals surface area contributed by atoms with Gasteiger partial charge in [-0.25, -0.2) is 0 Å². The van der Waals surface area contributed by atoms with Gasteiger partial charge >= 0.3 is 0 Å². The molecule has 0 unspecified atom stereocenters. The highest BCUT2D eigenvalue weighted by Gasteiger charge is 2.11. The molecular formula is C18H12O. The molecule has 0 aliphatic rings. The average molecular weight is 256 g/mol. The zero-order valence-corrected chi connectivity index (χ0v) is 9.41. The Bertz CT molecular complexity index is 1420. The molecule has 1 nitrogen and oxygen atoms in total. The van der Waals surface area contributed by atoms with Crippen LogP contribution in [0.3, 0.4) is 0 Å². The van der Waals surface area contributed by atoms with Gasteiger partial charge in [0.05, 0.1) is 16.4 Å². The van der Waals surface area contributed by atoms with Gasteiger partial charge in [-0.1, -0.05) is 60.4 Å². The molecule has 4 aromatic rings. The first-order valence-electron chi connectivity index (χ1n) is 11.4. The largest absolute Gasteiger partial charge is 0.456 e. The molecule has 1 heterocycles. The second-order valence-corrected chi connectivity index (χ2v) is 3.76. The number of para-hydroxylation sites is 1. The van der Waals surface area contributed by atoms with Crippen LogP contribution in [0.4, 0.5) is 0 Å². The lowest BCUT2D eigenvalue weighted by Crippen LogP contribution is -1.78. The van der Waals surface area contributed by atoms with Crippen molar-refractivity contribution in [2.75, 3.05) is 0 Å². The molecule has 0 aliphatic carbocycles. The zero-order valence-electron chi connectivity index (χ0n) is 21.4. The molecular weight excluding hydrogens is 232 g/mol. The Balaban J connectivity index is 2.40. The first kappa shape index (κ1) is 3.97. The van der Waals surface area contributed by atoms with Crippen LogP contribution >= 0.6 is 0 Å². The smallest absolute Gasteiger partial charge is 0.136 e. The number of benzene rings is 3. The molecule has 0 fully saturated rings. The van der Waals surface area contributed by atoms with E-state index in [1.54, 1.807) is 0 Å². The van der Waals surface area contributed by atoms with Crippen molar-refractivity contribution >= 4 is 21.9 Å². The molecule has 0 radical (unpaired) electrons. The quantitative estimate of drug-likeness (QED) is 0.453. The third kappa shape index (κ3) is 1.55. The second-order valence-electron chi connectivity index (χ2n) is 3.76. The van der Waals surface area contributed by atoms with Crippen LogP contribution in [0.15, 0.2) is 76.9 Å². The maximum atomic E-state index is 8.40. The minimum atomic E-state index is -0.667. The fraction of sp³-hybridized carbons (Fsp3) is 0. The van der Waals surface area contributed by atoms with E-state index in [0.717, 1.165) is 0 Å². The molecule has 0 saturated heterocycles. The van der Waals surface area contributed by atoms with E-state index in [1.807, 2.05) is 0 Å². The van der Waals surface area contributed by atoms with Crippen LogP contribution in [-0.4, -0.2) is 0 Å². The summed E-state index contributed by atoms with van der Waals surface area (Å²) >= 11 is 0. The predicted molar refractivity (Wildman–Crippen MR) is 79.2 cm³/mol.